The molecule has 0 fully saturated rings. The Kier molecular flexibility index (Phi) is 5.43. The van der Waals surface area contributed by atoms with Crippen LogP contribution in [0.15, 0.2) is 30.5 Å². The van der Waals surface area contributed by atoms with Gasteiger partial charge in [0, 0.05) is 31.4 Å². The predicted molar refractivity (Wildman–Crippen MR) is 80.3 cm³/mol. The maximum Gasteiger partial charge on any atom is 0.0483 e. The molecule has 0 amide bonds. The largest absolute Gasteiger partial charge is 0.396 e. The molecular formula is C16H24N2O. The fraction of sp³-hybridized carbons (Fsp3) is 0.500. The molecule has 0 aliphatic rings. The fourth-order valence-electron chi connectivity index (χ4n) is 2.34. The zero-order chi connectivity index (χ0) is 13.5. The van der Waals surface area contributed by atoms with Gasteiger partial charge in [-0.3, -0.25) is 0 Å². The number of nitrogens with one attached hydrogen (secondary N) is 1. The Morgan fingerprint density at radius 2 is 2.11 bits per heavy atom. The Hall–Kier alpha value is -1.32. The van der Waals surface area contributed by atoms with Crippen LogP contribution in [-0.2, 0) is 13.1 Å². The molecule has 2 N–H and O–H groups in total. The number of benzene rings is 1. The van der Waals surface area contributed by atoms with Gasteiger partial charge in [0.05, 0.1) is 0 Å². The summed E-state index contributed by atoms with van der Waals surface area (Å²) < 4.78 is 2.29. The van der Waals surface area contributed by atoms with Crippen molar-refractivity contribution in [2.24, 2.45) is 0 Å². The van der Waals surface area contributed by atoms with Crippen molar-refractivity contribution in [3.8, 4) is 0 Å². The van der Waals surface area contributed by atoms with Gasteiger partial charge in [0.15, 0.2) is 0 Å². The summed E-state index contributed by atoms with van der Waals surface area (Å²) in [7, 11) is 0. The van der Waals surface area contributed by atoms with Gasteiger partial charge in [-0.25, -0.2) is 0 Å². The highest BCUT2D eigenvalue weighted by Gasteiger charge is 2.02. The van der Waals surface area contributed by atoms with E-state index in [0.29, 0.717) is 0 Å². The summed E-state index contributed by atoms with van der Waals surface area (Å²) in [5.74, 6) is 0. The SMILES string of the molecule is CCCNCc1ccc2ccn(CCCCO)c2c1. The smallest absolute Gasteiger partial charge is 0.0483 e. The molecule has 0 bridgehead atoms. The van der Waals surface area contributed by atoms with E-state index >= 15 is 0 Å². The number of fused-ring (bicyclic) bond motifs is 1. The number of hydrogen-bond donors (Lipinski definition) is 2. The van der Waals surface area contributed by atoms with E-state index in [-0.39, 0.29) is 6.61 Å². The number of aromatic nitrogens is 1. The van der Waals surface area contributed by atoms with Crippen LogP contribution in [0.4, 0.5) is 0 Å². The molecule has 1 aromatic heterocycles. The van der Waals surface area contributed by atoms with Gasteiger partial charge in [-0.1, -0.05) is 19.1 Å². The lowest BCUT2D eigenvalue weighted by Crippen LogP contribution is -2.13. The van der Waals surface area contributed by atoms with Gasteiger partial charge in [0.2, 0.25) is 0 Å². The minimum Gasteiger partial charge on any atom is -0.396 e. The molecule has 2 rings (SSSR count). The minimum absolute atomic E-state index is 0.283. The second kappa shape index (κ2) is 7.31. The number of hydrogen-bond acceptors (Lipinski definition) is 2. The Balaban J connectivity index is 2.08. The van der Waals surface area contributed by atoms with Gasteiger partial charge < -0.3 is 15.0 Å². The van der Waals surface area contributed by atoms with E-state index in [1.807, 2.05) is 0 Å². The van der Waals surface area contributed by atoms with Crippen LogP contribution < -0.4 is 5.32 Å². The highest BCUT2D eigenvalue weighted by atomic mass is 16.2. The van der Waals surface area contributed by atoms with Crippen LogP contribution in [0.25, 0.3) is 10.9 Å². The van der Waals surface area contributed by atoms with Crippen LogP contribution in [-0.4, -0.2) is 22.8 Å². The first-order chi connectivity index (χ1) is 9.35. The van der Waals surface area contributed by atoms with Gasteiger partial charge >= 0.3 is 0 Å². The molecule has 104 valence electrons. The standard InChI is InChI=1S/C16H24N2O/c1-2-8-17-13-14-5-6-15-7-10-18(16(15)12-14)9-3-4-11-19/h5-7,10,12,17,19H,2-4,8-9,11,13H2,1H3. The van der Waals surface area contributed by atoms with Crippen molar-refractivity contribution in [3.63, 3.8) is 0 Å². The second-order valence-corrected chi connectivity index (χ2v) is 5.01. The average Bonchev–Trinajstić information content (AvgIpc) is 2.82. The maximum absolute atomic E-state index is 8.86. The molecule has 0 saturated carbocycles. The normalized spacial score (nSPS) is 11.3. The fourth-order valence-corrected chi connectivity index (χ4v) is 2.34. The summed E-state index contributed by atoms with van der Waals surface area (Å²) in [6, 6.07) is 8.83. The Bertz CT molecular complexity index is 504. The third-order valence-corrected chi connectivity index (χ3v) is 3.40. The molecule has 0 radical (unpaired) electrons. The van der Waals surface area contributed by atoms with Gasteiger partial charge in [-0.2, -0.15) is 0 Å². The molecule has 2 aromatic rings. The zero-order valence-corrected chi connectivity index (χ0v) is 11.7. The topological polar surface area (TPSA) is 37.2 Å². The number of aryl methyl sites for hydroxylation is 1. The first-order valence-electron chi connectivity index (χ1n) is 7.24. The lowest BCUT2D eigenvalue weighted by Gasteiger charge is -2.07. The van der Waals surface area contributed by atoms with Crippen molar-refractivity contribution < 1.29 is 5.11 Å². The number of nitrogens with zero attached hydrogens (tertiary/aromatic N) is 1. The molecule has 0 aliphatic heterocycles. The number of aliphatic hydroxyl groups excluding tert-OH is 1. The predicted octanol–water partition coefficient (Wildman–Crippen LogP) is 2.91. The van der Waals surface area contributed by atoms with Crippen LogP contribution in [0.2, 0.25) is 0 Å². The number of unbranched alkanes of at least 4 members (excludes halogenated alkanes) is 1. The molecule has 0 unspecified atom stereocenters. The van der Waals surface area contributed by atoms with E-state index in [1.165, 1.54) is 22.9 Å². The van der Waals surface area contributed by atoms with E-state index in [0.717, 1.165) is 32.5 Å². The number of aliphatic hydroxyl groups is 1. The average molecular weight is 260 g/mol. The lowest BCUT2D eigenvalue weighted by molar-refractivity contribution is 0.281. The molecule has 1 heterocycles. The van der Waals surface area contributed by atoms with Crippen LogP contribution in [0.3, 0.4) is 0 Å². The summed E-state index contributed by atoms with van der Waals surface area (Å²) >= 11 is 0. The van der Waals surface area contributed by atoms with Crippen molar-refractivity contribution >= 4 is 10.9 Å². The molecule has 3 heteroatoms. The first kappa shape index (κ1) is 14.1. The van der Waals surface area contributed by atoms with Crippen LogP contribution in [0.1, 0.15) is 31.7 Å². The Morgan fingerprint density at radius 1 is 1.21 bits per heavy atom. The number of rotatable bonds is 8. The quantitative estimate of drug-likeness (QED) is 0.716. The zero-order valence-electron chi connectivity index (χ0n) is 11.7. The summed E-state index contributed by atoms with van der Waals surface area (Å²) in [6.45, 7) is 5.45. The van der Waals surface area contributed by atoms with Crippen LogP contribution in [0, 0.1) is 0 Å². The molecule has 0 saturated heterocycles. The van der Waals surface area contributed by atoms with E-state index in [9.17, 15) is 0 Å². The molecule has 0 atom stereocenters. The summed E-state index contributed by atoms with van der Waals surface area (Å²) in [5, 5.41) is 13.6. The Labute approximate surface area is 115 Å². The van der Waals surface area contributed by atoms with Crippen LogP contribution in [0.5, 0.6) is 0 Å². The van der Waals surface area contributed by atoms with Gasteiger partial charge in [0.1, 0.15) is 0 Å². The molecular weight excluding hydrogens is 236 g/mol. The maximum atomic E-state index is 8.86. The van der Waals surface area contributed by atoms with Crippen molar-refractivity contribution in [2.45, 2.75) is 39.3 Å². The summed E-state index contributed by atoms with van der Waals surface area (Å²) in [4.78, 5) is 0. The van der Waals surface area contributed by atoms with Crippen molar-refractivity contribution in [2.75, 3.05) is 13.2 Å². The van der Waals surface area contributed by atoms with E-state index in [4.69, 9.17) is 5.11 Å². The van der Waals surface area contributed by atoms with Gasteiger partial charge in [-0.05, 0) is 48.9 Å². The molecule has 1 aromatic carbocycles. The van der Waals surface area contributed by atoms with Crippen LogP contribution >= 0.6 is 0 Å². The van der Waals surface area contributed by atoms with Gasteiger partial charge in [0.25, 0.3) is 0 Å². The van der Waals surface area contributed by atoms with Gasteiger partial charge in [-0.15, -0.1) is 0 Å². The molecule has 0 spiro atoms. The van der Waals surface area contributed by atoms with Crippen molar-refractivity contribution in [1.82, 2.24) is 9.88 Å². The highest BCUT2D eigenvalue weighted by molar-refractivity contribution is 5.80. The molecule has 0 aliphatic carbocycles. The highest BCUT2D eigenvalue weighted by Crippen LogP contribution is 2.18. The van der Waals surface area contributed by atoms with E-state index in [1.54, 1.807) is 0 Å². The monoisotopic (exact) mass is 260 g/mol. The van der Waals surface area contributed by atoms with E-state index in [2.05, 4.69) is 47.3 Å². The third kappa shape index (κ3) is 3.82. The lowest BCUT2D eigenvalue weighted by atomic mass is 10.1. The van der Waals surface area contributed by atoms with E-state index < -0.39 is 0 Å². The first-order valence-corrected chi connectivity index (χ1v) is 7.24. The second-order valence-electron chi connectivity index (χ2n) is 5.01. The Morgan fingerprint density at radius 3 is 2.89 bits per heavy atom. The van der Waals surface area contributed by atoms with Crippen molar-refractivity contribution in [1.29, 1.82) is 0 Å². The minimum atomic E-state index is 0.283. The summed E-state index contributed by atoms with van der Waals surface area (Å²) in [6.07, 6.45) is 5.21. The summed E-state index contributed by atoms with van der Waals surface area (Å²) in [5.41, 5.74) is 2.64. The molecule has 3 nitrogen and oxygen atoms in total. The molecule has 19 heavy (non-hydrogen) atoms. The van der Waals surface area contributed by atoms with Crippen molar-refractivity contribution in [3.05, 3.63) is 36.0 Å². The third-order valence-electron chi connectivity index (χ3n) is 3.40.